The van der Waals surface area contributed by atoms with Crippen LogP contribution in [0.15, 0.2) is 66.3 Å². The highest BCUT2D eigenvalue weighted by Gasteiger charge is 2.16. The Bertz CT molecular complexity index is 953. The molecule has 1 N–H and O–H groups in total. The van der Waals surface area contributed by atoms with E-state index < -0.39 is 0 Å². The number of amides is 1. The molecule has 5 nitrogen and oxygen atoms in total. The molecule has 3 aromatic rings. The lowest BCUT2D eigenvalue weighted by atomic mass is 10.1. The number of carbonyl (C=O) groups excluding carboxylic acids is 1. The Labute approximate surface area is 167 Å². The van der Waals surface area contributed by atoms with Crippen molar-refractivity contribution in [2.24, 2.45) is 0 Å². The van der Waals surface area contributed by atoms with Crippen LogP contribution in [0.25, 0.3) is 11.4 Å². The number of hydrogen-bond acceptors (Lipinski definition) is 4. The van der Waals surface area contributed by atoms with Crippen molar-refractivity contribution >= 4 is 35.0 Å². The standard InChI is InChI=1S/C20H19ClN4OS/c1-3-12-25-19(17-7-5-4-6-14(17)2)23-24-20(25)27-13-18(26)22-16-10-8-15(21)9-11-16/h3-11H,1,12-13H2,2H3,(H,22,26). The second-order valence-corrected chi connectivity index (χ2v) is 7.24. The normalized spacial score (nSPS) is 10.6. The highest BCUT2D eigenvalue weighted by Crippen LogP contribution is 2.26. The van der Waals surface area contributed by atoms with Crippen molar-refractivity contribution in [3.05, 3.63) is 71.8 Å². The van der Waals surface area contributed by atoms with Gasteiger partial charge in [0, 0.05) is 22.8 Å². The largest absolute Gasteiger partial charge is 0.325 e. The maximum Gasteiger partial charge on any atom is 0.234 e. The quantitative estimate of drug-likeness (QED) is 0.457. The van der Waals surface area contributed by atoms with Gasteiger partial charge in [-0.3, -0.25) is 9.36 Å². The molecule has 0 aliphatic heterocycles. The fourth-order valence-electron chi connectivity index (χ4n) is 2.57. The maximum absolute atomic E-state index is 12.2. The Morgan fingerprint density at radius 1 is 1.22 bits per heavy atom. The highest BCUT2D eigenvalue weighted by molar-refractivity contribution is 7.99. The molecule has 2 aromatic carbocycles. The van der Waals surface area contributed by atoms with Crippen molar-refractivity contribution in [1.82, 2.24) is 14.8 Å². The second-order valence-electron chi connectivity index (χ2n) is 5.86. The SMILES string of the molecule is C=CCn1c(SCC(=O)Nc2ccc(Cl)cc2)nnc1-c1ccccc1C. The lowest BCUT2D eigenvalue weighted by molar-refractivity contribution is -0.113. The first kappa shape index (κ1) is 19.2. The number of allylic oxidation sites excluding steroid dienone is 1. The molecule has 1 aromatic heterocycles. The van der Waals surface area contributed by atoms with Crippen LogP contribution in [0.2, 0.25) is 5.02 Å². The van der Waals surface area contributed by atoms with E-state index in [1.165, 1.54) is 11.8 Å². The van der Waals surface area contributed by atoms with E-state index in [0.29, 0.717) is 22.4 Å². The molecule has 1 amide bonds. The molecular formula is C20H19ClN4OS. The van der Waals surface area contributed by atoms with Crippen LogP contribution in [-0.2, 0) is 11.3 Å². The van der Waals surface area contributed by atoms with E-state index in [0.717, 1.165) is 17.0 Å². The maximum atomic E-state index is 12.2. The van der Waals surface area contributed by atoms with Crippen molar-refractivity contribution in [3.8, 4) is 11.4 Å². The summed E-state index contributed by atoms with van der Waals surface area (Å²) in [5, 5.41) is 12.8. The van der Waals surface area contributed by atoms with E-state index in [-0.39, 0.29) is 11.7 Å². The third kappa shape index (κ3) is 4.78. The third-order valence-corrected chi connectivity index (χ3v) is 5.09. The zero-order valence-electron chi connectivity index (χ0n) is 14.9. The molecule has 0 aliphatic carbocycles. The molecule has 0 aliphatic rings. The van der Waals surface area contributed by atoms with Crippen LogP contribution in [0.5, 0.6) is 0 Å². The van der Waals surface area contributed by atoms with Crippen molar-refractivity contribution < 1.29 is 4.79 Å². The Morgan fingerprint density at radius 2 is 1.96 bits per heavy atom. The van der Waals surface area contributed by atoms with Crippen LogP contribution in [-0.4, -0.2) is 26.4 Å². The Morgan fingerprint density at radius 3 is 2.67 bits per heavy atom. The monoisotopic (exact) mass is 398 g/mol. The number of benzene rings is 2. The molecule has 0 saturated heterocycles. The summed E-state index contributed by atoms with van der Waals surface area (Å²) in [5.41, 5.74) is 2.84. The molecule has 3 rings (SSSR count). The molecule has 27 heavy (non-hydrogen) atoms. The van der Waals surface area contributed by atoms with Crippen molar-refractivity contribution in [2.75, 3.05) is 11.1 Å². The Balaban J connectivity index is 1.73. The molecule has 0 spiro atoms. The molecule has 7 heteroatoms. The molecular weight excluding hydrogens is 380 g/mol. The molecule has 0 unspecified atom stereocenters. The lowest BCUT2D eigenvalue weighted by Crippen LogP contribution is -2.14. The zero-order valence-corrected chi connectivity index (χ0v) is 16.4. The van der Waals surface area contributed by atoms with Gasteiger partial charge < -0.3 is 5.32 Å². The number of carbonyl (C=O) groups is 1. The summed E-state index contributed by atoms with van der Waals surface area (Å²) in [4.78, 5) is 12.2. The minimum atomic E-state index is -0.118. The van der Waals surface area contributed by atoms with Crippen molar-refractivity contribution in [3.63, 3.8) is 0 Å². The highest BCUT2D eigenvalue weighted by atomic mass is 35.5. The lowest BCUT2D eigenvalue weighted by Gasteiger charge is -2.09. The molecule has 0 bridgehead atoms. The first-order chi connectivity index (χ1) is 13.1. The van der Waals surface area contributed by atoms with E-state index in [1.807, 2.05) is 35.8 Å². The Kier molecular flexibility index (Phi) is 6.32. The average molecular weight is 399 g/mol. The smallest absolute Gasteiger partial charge is 0.234 e. The number of aromatic nitrogens is 3. The van der Waals surface area contributed by atoms with Crippen LogP contribution < -0.4 is 5.32 Å². The number of aryl methyl sites for hydroxylation is 1. The van der Waals surface area contributed by atoms with Crippen molar-refractivity contribution in [1.29, 1.82) is 0 Å². The molecule has 138 valence electrons. The van der Waals surface area contributed by atoms with Gasteiger partial charge in [0.25, 0.3) is 0 Å². The Hall–Kier alpha value is -2.57. The van der Waals surface area contributed by atoms with Gasteiger partial charge in [0.1, 0.15) is 0 Å². The van der Waals surface area contributed by atoms with Gasteiger partial charge in [-0.2, -0.15) is 0 Å². The average Bonchev–Trinajstić information content (AvgIpc) is 3.05. The van der Waals surface area contributed by atoms with Crippen molar-refractivity contribution in [2.45, 2.75) is 18.6 Å². The zero-order chi connectivity index (χ0) is 19.2. The second kappa shape index (κ2) is 8.88. The molecule has 0 radical (unpaired) electrons. The van der Waals surface area contributed by atoms with E-state index in [2.05, 4.69) is 22.1 Å². The predicted octanol–water partition coefficient (Wildman–Crippen LogP) is 4.82. The fourth-order valence-corrected chi connectivity index (χ4v) is 3.45. The van der Waals surface area contributed by atoms with Gasteiger partial charge in [-0.1, -0.05) is 53.7 Å². The van der Waals surface area contributed by atoms with Gasteiger partial charge in [-0.25, -0.2) is 0 Å². The van der Waals surface area contributed by atoms with Gasteiger partial charge in [0.2, 0.25) is 5.91 Å². The summed E-state index contributed by atoms with van der Waals surface area (Å²) in [6, 6.07) is 15.0. The van der Waals surface area contributed by atoms with Crippen LogP contribution >= 0.6 is 23.4 Å². The van der Waals surface area contributed by atoms with Crippen LogP contribution in [0.4, 0.5) is 5.69 Å². The van der Waals surface area contributed by atoms with Crippen LogP contribution in [0.3, 0.4) is 0 Å². The summed E-state index contributed by atoms with van der Waals surface area (Å²) in [7, 11) is 0. The molecule has 0 fully saturated rings. The van der Waals surface area contributed by atoms with Gasteiger partial charge in [-0.05, 0) is 36.8 Å². The summed E-state index contributed by atoms with van der Waals surface area (Å²) in [6.45, 7) is 6.42. The van der Waals surface area contributed by atoms with Gasteiger partial charge in [0.15, 0.2) is 11.0 Å². The molecule has 1 heterocycles. The molecule has 0 saturated carbocycles. The summed E-state index contributed by atoms with van der Waals surface area (Å²) in [5.74, 6) is 0.882. The summed E-state index contributed by atoms with van der Waals surface area (Å²) in [6.07, 6.45) is 1.79. The van der Waals surface area contributed by atoms with Crippen LogP contribution in [0.1, 0.15) is 5.56 Å². The van der Waals surface area contributed by atoms with E-state index in [4.69, 9.17) is 11.6 Å². The van der Waals surface area contributed by atoms with E-state index in [1.54, 1.807) is 30.3 Å². The number of hydrogen-bond donors (Lipinski definition) is 1. The number of rotatable bonds is 7. The first-order valence-electron chi connectivity index (χ1n) is 8.37. The summed E-state index contributed by atoms with van der Waals surface area (Å²) < 4.78 is 1.97. The number of anilines is 1. The fraction of sp³-hybridized carbons (Fsp3) is 0.150. The van der Waals surface area contributed by atoms with Crippen LogP contribution in [0, 0.1) is 6.92 Å². The number of nitrogens with zero attached hydrogens (tertiary/aromatic N) is 3. The summed E-state index contributed by atoms with van der Waals surface area (Å²) >= 11 is 7.20. The van der Waals surface area contributed by atoms with E-state index >= 15 is 0 Å². The number of halogens is 1. The molecule has 0 atom stereocenters. The third-order valence-electron chi connectivity index (χ3n) is 3.87. The van der Waals surface area contributed by atoms with Gasteiger partial charge in [-0.15, -0.1) is 16.8 Å². The minimum Gasteiger partial charge on any atom is -0.325 e. The first-order valence-corrected chi connectivity index (χ1v) is 9.73. The van der Waals surface area contributed by atoms with E-state index in [9.17, 15) is 4.79 Å². The van der Waals surface area contributed by atoms with Gasteiger partial charge in [0.05, 0.1) is 5.75 Å². The topological polar surface area (TPSA) is 59.8 Å². The van der Waals surface area contributed by atoms with Gasteiger partial charge >= 0.3 is 0 Å². The minimum absolute atomic E-state index is 0.118. The number of nitrogens with one attached hydrogen (secondary N) is 1. The predicted molar refractivity (Wildman–Crippen MR) is 111 cm³/mol. The number of thioether (sulfide) groups is 1.